The number of aliphatic carboxylic acids is 1. The lowest BCUT2D eigenvalue weighted by Gasteiger charge is -2.12. The zero-order valence-corrected chi connectivity index (χ0v) is 12.0. The molecule has 0 bridgehead atoms. The van der Waals surface area contributed by atoms with Gasteiger partial charge in [-0.3, -0.25) is 9.78 Å². The maximum absolute atomic E-state index is 11.3. The standard InChI is InChI=1S/C14H12Cl2N2O2/c15-11-3-1-9(2-4-11)5-10(14(19)20)6-12-7-18-13(16)8-17-12/h1-4,7-8,10H,5-6H2,(H,19,20). The van der Waals surface area contributed by atoms with Gasteiger partial charge in [-0.1, -0.05) is 35.3 Å². The number of rotatable bonds is 5. The molecule has 1 unspecified atom stereocenters. The predicted molar refractivity (Wildman–Crippen MR) is 77.0 cm³/mol. The van der Waals surface area contributed by atoms with Gasteiger partial charge < -0.3 is 5.11 Å². The number of hydrogen-bond donors (Lipinski definition) is 1. The number of halogens is 2. The van der Waals surface area contributed by atoms with Crippen LogP contribution in [0.4, 0.5) is 0 Å². The molecule has 0 radical (unpaired) electrons. The molecule has 20 heavy (non-hydrogen) atoms. The molecule has 0 aliphatic carbocycles. The molecule has 6 heteroatoms. The maximum Gasteiger partial charge on any atom is 0.307 e. The molecule has 1 aromatic carbocycles. The van der Waals surface area contributed by atoms with Crippen LogP contribution in [0.2, 0.25) is 10.2 Å². The SMILES string of the molecule is O=C(O)C(Cc1ccc(Cl)cc1)Cc1cnc(Cl)cn1. The van der Waals surface area contributed by atoms with E-state index in [-0.39, 0.29) is 0 Å². The summed E-state index contributed by atoms with van der Waals surface area (Å²) in [5.41, 5.74) is 1.53. The van der Waals surface area contributed by atoms with Crippen molar-refractivity contribution < 1.29 is 9.90 Å². The highest BCUT2D eigenvalue weighted by molar-refractivity contribution is 6.30. The third-order valence-corrected chi connectivity index (χ3v) is 3.32. The Kier molecular flexibility index (Phi) is 4.93. The second-order valence-corrected chi connectivity index (χ2v) is 5.22. The van der Waals surface area contributed by atoms with Crippen LogP contribution in [0, 0.1) is 5.92 Å². The van der Waals surface area contributed by atoms with Gasteiger partial charge in [0, 0.05) is 11.4 Å². The van der Waals surface area contributed by atoms with Crippen LogP contribution in [0.5, 0.6) is 0 Å². The topological polar surface area (TPSA) is 63.1 Å². The number of carboxylic acids is 1. The summed E-state index contributed by atoms with van der Waals surface area (Å²) in [4.78, 5) is 19.3. The van der Waals surface area contributed by atoms with Crippen molar-refractivity contribution in [3.63, 3.8) is 0 Å². The second-order valence-electron chi connectivity index (χ2n) is 4.40. The van der Waals surface area contributed by atoms with Gasteiger partial charge in [0.2, 0.25) is 0 Å². The molecule has 1 heterocycles. The zero-order chi connectivity index (χ0) is 14.5. The highest BCUT2D eigenvalue weighted by atomic mass is 35.5. The fourth-order valence-electron chi connectivity index (χ4n) is 1.85. The van der Waals surface area contributed by atoms with Gasteiger partial charge in [0.25, 0.3) is 0 Å². The molecule has 0 aliphatic rings. The summed E-state index contributed by atoms with van der Waals surface area (Å²) in [6.07, 6.45) is 3.64. The first-order chi connectivity index (χ1) is 9.54. The van der Waals surface area contributed by atoms with E-state index in [1.165, 1.54) is 12.4 Å². The molecular weight excluding hydrogens is 299 g/mol. The molecule has 2 aromatic rings. The zero-order valence-electron chi connectivity index (χ0n) is 10.5. The van der Waals surface area contributed by atoms with Gasteiger partial charge in [-0.2, -0.15) is 0 Å². The molecule has 1 N–H and O–H groups in total. The number of benzene rings is 1. The van der Waals surface area contributed by atoms with Crippen LogP contribution in [0.3, 0.4) is 0 Å². The Bertz CT molecular complexity index is 538. The van der Waals surface area contributed by atoms with E-state index in [9.17, 15) is 9.90 Å². The van der Waals surface area contributed by atoms with E-state index in [2.05, 4.69) is 9.97 Å². The minimum atomic E-state index is -0.864. The molecule has 4 nitrogen and oxygen atoms in total. The van der Waals surface area contributed by atoms with Gasteiger partial charge in [0.05, 0.1) is 24.0 Å². The summed E-state index contributed by atoms with van der Waals surface area (Å²) in [5.74, 6) is -1.43. The molecule has 0 saturated heterocycles. The minimum absolute atomic E-state index is 0.290. The first-order valence-electron chi connectivity index (χ1n) is 5.98. The number of nitrogens with zero attached hydrogens (tertiary/aromatic N) is 2. The van der Waals surface area contributed by atoms with Crippen LogP contribution in [-0.4, -0.2) is 21.0 Å². The Hall–Kier alpha value is -1.65. The number of hydrogen-bond acceptors (Lipinski definition) is 3. The van der Waals surface area contributed by atoms with E-state index < -0.39 is 11.9 Å². The van der Waals surface area contributed by atoms with Crippen molar-refractivity contribution in [1.82, 2.24) is 9.97 Å². The Morgan fingerprint density at radius 1 is 1.10 bits per heavy atom. The Labute approximate surface area is 126 Å². The molecule has 0 fully saturated rings. The predicted octanol–water partition coefficient (Wildman–Crippen LogP) is 3.27. The largest absolute Gasteiger partial charge is 0.481 e. The molecule has 104 valence electrons. The van der Waals surface area contributed by atoms with E-state index >= 15 is 0 Å². The van der Waals surface area contributed by atoms with E-state index in [1.54, 1.807) is 12.1 Å². The highest BCUT2D eigenvalue weighted by Gasteiger charge is 2.19. The fraction of sp³-hybridized carbons (Fsp3) is 0.214. The smallest absolute Gasteiger partial charge is 0.307 e. The first kappa shape index (κ1) is 14.8. The lowest BCUT2D eigenvalue weighted by Crippen LogP contribution is -2.19. The van der Waals surface area contributed by atoms with Gasteiger partial charge in [0.1, 0.15) is 5.15 Å². The maximum atomic E-state index is 11.3. The van der Waals surface area contributed by atoms with Gasteiger partial charge >= 0.3 is 5.97 Å². The lowest BCUT2D eigenvalue weighted by molar-refractivity contribution is -0.141. The van der Waals surface area contributed by atoms with Crippen LogP contribution in [-0.2, 0) is 17.6 Å². The van der Waals surface area contributed by atoms with Gasteiger partial charge in [-0.15, -0.1) is 0 Å². The van der Waals surface area contributed by atoms with E-state index in [4.69, 9.17) is 23.2 Å². The van der Waals surface area contributed by atoms with Crippen LogP contribution < -0.4 is 0 Å². The Morgan fingerprint density at radius 2 is 1.80 bits per heavy atom. The minimum Gasteiger partial charge on any atom is -0.481 e. The van der Waals surface area contributed by atoms with Crippen molar-refractivity contribution in [2.24, 2.45) is 5.92 Å². The molecule has 0 amide bonds. The molecule has 0 aliphatic heterocycles. The van der Waals surface area contributed by atoms with Gasteiger partial charge in [-0.05, 0) is 24.1 Å². The normalized spacial score (nSPS) is 12.1. The average Bonchev–Trinajstić information content (AvgIpc) is 2.42. The van der Waals surface area contributed by atoms with Crippen LogP contribution >= 0.6 is 23.2 Å². The van der Waals surface area contributed by atoms with Crippen LogP contribution in [0.25, 0.3) is 0 Å². The molecular formula is C14H12Cl2N2O2. The molecule has 0 spiro atoms. The van der Waals surface area contributed by atoms with Crippen molar-refractivity contribution in [3.8, 4) is 0 Å². The van der Waals surface area contributed by atoms with Gasteiger partial charge in [0.15, 0.2) is 0 Å². The van der Waals surface area contributed by atoms with Crippen molar-refractivity contribution in [2.75, 3.05) is 0 Å². The van der Waals surface area contributed by atoms with Crippen molar-refractivity contribution in [2.45, 2.75) is 12.8 Å². The summed E-state index contributed by atoms with van der Waals surface area (Å²) in [7, 11) is 0. The third-order valence-electron chi connectivity index (χ3n) is 2.87. The summed E-state index contributed by atoms with van der Waals surface area (Å²) in [5, 5.41) is 10.2. The Balaban J connectivity index is 2.09. The molecule has 1 aromatic heterocycles. The summed E-state index contributed by atoms with van der Waals surface area (Å²) in [6.45, 7) is 0. The van der Waals surface area contributed by atoms with E-state index in [0.29, 0.717) is 28.7 Å². The van der Waals surface area contributed by atoms with Crippen LogP contribution in [0.15, 0.2) is 36.7 Å². The van der Waals surface area contributed by atoms with Crippen molar-refractivity contribution in [3.05, 3.63) is 58.1 Å². The van der Waals surface area contributed by atoms with E-state index in [0.717, 1.165) is 5.56 Å². The summed E-state index contributed by atoms with van der Waals surface area (Å²) >= 11 is 11.5. The highest BCUT2D eigenvalue weighted by Crippen LogP contribution is 2.16. The second kappa shape index (κ2) is 6.68. The number of carbonyl (C=O) groups is 1. The van der Waals surface area contributed by atoms with Crippen molar-refractivity contribution >= 4 is 29.2 Å². The summed E-state index contributed by atoms with van der Waals surface area (Å²) < 4.78 is 0. The van der Waals surface area contributed by atoms with Gasteiger partial charge in [-0.25, -0.2) is 4.98 Å². The van der Waals surface area contributed by atoms with E-state index in [1.807, 2.05) is 12.1 Å². The monoisotopic (exact) mass is 310 g/mol. The first-order valence-corrected chi connectivity index (χ1v) is 6.74. The average molecular weight is 311 g/mol. The fourth-order valence-corrected chi connectivity index (χ4v) is 2.07. The lowest BCUT2D eigenvalue weighted by atomic mass is 9.95. The molecule has 2 rings (SSSR count). The number of carboxylic acid groups (broad SMARTS) is 1. The summed E-state index contributed by atoms with van der Waals surface area (Å²) in [6, 6.07) is 7.15. The van der Waals surface area contributed by atoms with Crippen molar-refractivity contribution in [1.29, 1.82) is 0 Å². The molecule has 1 atom stereocenters. The molecule has 0 saturated carbocycles. The Morgan fingerprint density at radius 3 is 2.35 bits per heavy atom. The number of aromatic nitrogens is 2. The van der Waals surface area contributed by atoms with Crippen LogP contribution in [0.1, 0.15) is 11.3 Å². The quantitative estimate of drug-likeness (QED) is 0.920. The third kappa shape index (κ3) is 4.18.